The number of halogens is 2. The summed E-state index contributed by atoms with van der Waals surface area (Å²) in [5.41, 5.74) is 0.920. The second-order valence-corrected chi connectivity index (χ2v) is 4.39. The molecule has 0 fully saturated rings. The van der Waals surface area contributed by atoms with E-state index < -0.39 is 6.10 Å². The lowest BCUT2D eigenvalue weighted by atomic mass is 10.2. The summed E-state index contributed by atoms with van der Waals surface area (Å²) in [7, 11) is 1.35. The molecule has 1 aromatic rings. The summed E-state index contributed by atoms with van der Waals surface area (Å²) in [6.45, 7) is 1.86. The lowest BCUT2D eigenvalue weighted by molar-refractivity contribution is -0.148. The minimum absolute atomic E-state index is 0.372. The Hall–Kier alpha value is -0.740. The smallest absolute Gasteiger partial charge is 0.347 e. The topological polar surface area (TPSA) is 35.5 Å². The van der Waals surface area contributed by atoms with Crippen LogP contribution in [0.4, 0.5) is 0 Å². The number of hydrogen-bond acceptors (Lipinski definition) is 3. The van der Waals surface area contributed by atoms with Crippen LogP contribution in [0.25, 0.3) is 0 Å². The lowest BCUT2D eigenvalue weighted by Gasteiger charge is -2.15. The van der Waals surface area contributed by atoms with Crippen molar-refractivity contribution in [1.29, 1.82) is 0 Å². The van der Waals surface area contributed by atoms with Crippen molar-refractivity contribution < 1.29 is 14.3 Å². The first-order valence-electron chi connectivity index (χ1n) is 5.21. The van der Waals surface area contributed by atoms with Crippen LogP contribution in [0.3, 0.4) is 0 Å². The van der Waals surface area contributed by atoms with E-state index in [-0.39, 0.29) is 5.97 Å². The molecule has 1 rings (SSSR count). The van der Waals surface area contributed by atoms with E-state index in [9.17, 15) is 4.79 Å². The molecule has 0 aliphatic heterocycles. The molecule has 5 heteroatoms. The maximum absolute atomic E-state index is 11.4. The number of carbonyl (C=O) groups is 1. The summed E-state index contributed by atoms with van der Waals surface area (Å²) >= 11 is 9.32. The van der Waals surface area contributed by atoms with E-state index in [1.165, 1.54) is 7.11 Å². The minimum Gasteiger partial charge on any atom is -0.479 e. The molecule has 0 bridgehead atoms. The number of hydrogen-bond donors (Lipinski definition) is 0. The van der Waals surface area contributed by atoms with E-state index in [1.54, 1.807) is 12.1 Å². The van der Waals surface area contributed by atoms with Crippen LogP contribution in [0.1, 0.15) is 18.9 Å². The number of esters is 1. The second kappa shape index (κ2) is 6.87. The summed E-state index contributed by atoms with van der Waals surface area (Å²) in [5.74, 6) is 0.240. The molecule has 1 aromatic carbocycles. The second-order valence-electron chi connectivity index (χ2n) is 3.42. The van der Waals surface area contributed by atoms with Crippen molar-refractivity contribution in [1.82, 2.24) is 0 Å². The van der Waals surface area contributed by atoms with Gasteiger partial charge in [-0.15, -0.1) is 0 Å². The van der Waals surface area contributed by atoms with E-state index in [2.05, 4.69) is 20.7 Å². The van der Waals surface area contributed by atoms with Crippen LogP contribution in [0.15, 0.2) is 18.2 Å². The summed E-state index contributed by atoms with van der Waals surface area (Å²) < 4.78 is 10.2. The average Bonchev–Trinajstić information content (AvgIpc) is 2.36. The summed E-state index contributed by atoms with van der Waals surface area (Å²) in [5, 5.41) is 1.30. The van der Waals surface area contributed by atoms with Crippen LogP contribution in [-0.2, 0) is 14.9 Å². The molecule has 0 N–H and O–H groups in total. The fraction of sp³-hybridized carbons (Fsp3) is 0.417. The van der Waals surface area contributed by atoms with E-state index in [0.29, 0.717) is 22.5 Å². The van der Waals surface area contributed by atoms with Crippen LogP contribution >= 0.6 is 27.5 Å². The lowest BCUT2D eigenvalue weighted by Crippen LogP contribution is -2.27. The Labute approximate surface area is 114 Å². The number of alkyl halides is 1. The van der Waals surface area contributed by atoms with Crippen molar-refractivity contribution in [3.8, 4) is 5.75 Å². The zero-order valence-electron chi connectivity index (χ0n) is 9.70. The third-order valence-electron chi connectivity index (χ3n) is 2.27. The average molecular weight is 322 g/mol. The third-order valence-corrected chi connectivity index (χ3v) is 3.25. The normalized spacial score (nSPS) is 12.0. The van der Waals surface area contributed by atoms with Gasteiger partial charge >= 0.3 is 5.97 Å². The van der Waals surface area contributed by atoms with E-state index in [0.717, 1.165) is 5.56 Å². The fourth-order valence-corrected chi connectivity index (χ4v) is 2.13. The summed E-state index contributed by atoms with van der Waals surface area (Å²) in [4.78, 5) is 11.4. The molecule has 0 unspecified atom stereocenters. The Bertz CT molecular complexity index is 395. The van der Waals surface area contributed by atoms with Crippen molar-refractivity contribution in [2.45, 2.75) is 24.8 Å². The van der Waals surface area contributed by atoms with Gasteiger partial charge in [0.25, 0.3) is 0 Å². The van der Waals surface area contributed by atoms with Crippen LogP contribution in [0.5, 0.6) is 5.75 Å². The highest BCUT2D eigenvalue weighted by Gasteiger charge is 2.19. The van der Waals surface area contributed by atoms with Gasteiger partial charge in [-0.25, -0.2) is 4.79 Å². The Morgan fingerprint density at radius 3 is 2.76 bits per heavy atom. The predicted octanol–water partition coefficient (Wildman–Crippen LogP) is 3.57. The molecule has 0 aliphatic rings. The highest BCUT2D eigenvalue weighted by Crippen LogP contribution is 2.25. The molecule has 0 spiro atoms. The van der Waals surface area contributed by atoms with Gasteiger partial charge in [0.05, 0.1) is 7.11 Å². The van der Waals surface area contributed by atoms with Crippen molar-refractivity contribution in [2.75, 3.05) is 7.11 Å². The van der Waals surface area contributed by atoms with Gasteiger partial charge in [-0.2, -0.15) is 0 Å². The Balaban J connectivity index is 2.83. The first-order chi connectivity index (χ1) is 8.12. The molecule has 0 heterocycles. The van der Waals surface area contributed by atoms with Crippen LogP contribution in [-0.4, -0.2) is 19.2 Å². The molecular formula is C12H14BrClO3. The number of ether oxygens (including phenoxy) is 2. The van der Waals surface area contributed by atoms with E-state index in [1.807, 2.05) is 13.0 Å². The van der Waals surface area contributed by atoms with Gasteiger partial charge in [0.2, 0.25) is 0 Å². The number of benzene rings is 1. The quantitative estimate of drug-likeness (QED) is 0.614. The standard InChI is InChI=1S/C12H14BrClO3/c1-3-11(12(15)16-2)17-9-4-5-10(14)8(6-9)7-13/h4-6,11H,3,7H2,1-2H3/t11-/m1/s1. The van der Waals surface area contributed by atoms with Crippen molar-refractivity contribution in [3.05, 3.63) is 28.8 Å². The molecule has 1 atom stereocenters. The first kappa shape index (κ1) is 14.3. The number of carbonyl (C=O) groups excluding carboxylic acids is 1. The Morgan fingerprint density at radius 2 is 2.24 bits per heavy atom. The van der Waals surface area contributed by atoms with Crippen molar-refractivity contribution in [3.63, 3.8) is 0 Å². The van der Waals surface area contributed by atoms with Gasteiger partial charge in [0.15, 0.2) is 6.10 Å². The molecule has 0 aliphatic carbocycles. The van der Waals surface area contributed by atoms with Crippen LogP contribution in [0.2, 0.25) is 5.02 Å². The van der Waals surface area contributed by atoms with Crippen LogP contribution in [0, 0.1) is 0 Å². The van der Waals surface area contributed by atoms with E-state index >= 15 is 0 Å². The van der Waals surface area contributed by atoms with Gasteiger partial charge in [0.1, 0.15) is 5.75 Å². The highest BCUT2D eigenvalue weighted by molar-refractivity contribution is 9.08. The van der Waals surface area contributed by atoms with Gasteiger partial charge < -0.3 is 9.47 Å². The molecule has 0 saturated heterocycles. The van der Waals surface area contributed by atoms with Gasteiger partial charge in [-0.05, 0) is 30.2 Å². The molecule has 17 heavy (non-hydrogen) atoms. The SMILES string of the molecule is CC[C@@H](Oc1ccc(Cl)c(CBr)c1)C(=O)OC. The summed E-state index contributed by atoms with van der Waals surface area (Å²) in [6.07, 6.45) is -0.0248. The molecule has 0 amide bonds. The Morgan fingerprint density at radius 1 is 1.53 bits per heavy atom. The predicted molar refractivity (Wildman–Crippen MR) is 70.8 cm³/mol. The zero-order chi connectivity index (χ0) is 12.8. The summed E-state index contributed by atoms with van der Waals surface area (Å²) in [6, 6.07) is 5.29. The molecule has 3 nitrogen and oxygen atoms in total. The van der Waals surface area contributed by atoms with Crippen molar-refractivity contribution >= 4 is 33.5 Å². The van der Waals surface area contributed by atoms with Gasteiger partial charge in [-0.3, -0.25) is 0 Å². The largest absolute Gasteiger partial charge is 0.479 e. The Kier molecular flexibility index (Phi) is 5.78. The molecule has 94 valence electrons. The van der Waals surface area contributed by atoms with Gasteiger partial charge in [0, 0.05) is 10.4 Å². The number of rotatable bonds is 5. The fourth-order valence-electron chi connectivity index (χ4n) is 1.32. The van der Waals surface area contributed by atoms with Crippen molar-refractivity contribution in [2.24, 2.45) is 0 Å². The molecule has 0 radical (unpaired) electrons. The highest BCUT2D eigenvalue weighted by atomic mass is 79.9. The number of methoxy groups -OCH3 is 1. The maximum atomic E-state index is 11.4. The zero-order valence-corrected chi connectivity index (χ0v) is 12.0. The minimum atomic E-state index is -0.579. The van der Waals surface area contributed by atoms with Crippen LogP contribution < -0.4 is 4.74 Å². The maximum Gasteiger partial charge on any atom is 0.347 e. The monoisotopic (exact) mass is 320 g/mol. The molecule has 0 saturated carbocycles. The first-order valence-corrected chi connectivity index (χ1v) is 6.71. The third kappa shape index (κ3) is 3.89. The molecule has 0 aromatic heterocycles. The molecular weight excluding hydrogens is 307 g/mol. The van der Waals surface area contributed by atoms with Gasteiger partial charge in [-0.1, -0.05) is 34.5 Å². The van der Waals surface area contributed by atoms with E-state index in [4.69, 9.17) is 16.3 Å².